The molecule has 0 atom stereocenters. The van der Waals surface area contributed by atoms with Crippen LogP contribution >= 0.6 is 0 Å². The zero-order chi connectivity index (χ0) is 15.5. The number of nitrogens with one attached hydrogen (secondary N) is 1. The van der Waals surface area contributed by atoms with Crippen molar-refractivity contribution in [3.8, 4) is 0 Å². The summed E-state index contributed by atoms with van der Waals surface area (Å²) in [7, 11) is 2.15. The van der Waals surface area contributed by atoms with Crippen molar-refractivity contribution in [2.24, 2.45) is 5.92 Å². The average molecular weight is 303 g/mol. The smallest absolute Gasteiger partial charge is 0.216 e. The van der Waals surface area contributed by atoms with Crippen molar-refractivity contribution >= 4 is 11.7 Å². The topological polar surface area (TPSA) is 61.4 Å². The second kappa shape index (κ2) is 6.60. The number of piperidine rings is 1. The molecule has 0 aliphatic carbocycles. The normalized spacial score (nSPS) is 19.8. The minimum absolute atomic E-state index is 0.0651. The van der Waals surface area contributed by atoms with E-state index in [4.69, 9.17) is 0 Å². The number of hydrogen-bond donors (Lipinski definition) is 1. The molecule has 0 unspecified atom stereocenters. The van der Waals surface area contributed by atoms with Crippen LogP contribution in [0.4, 0.5) is 5.82 Å². The minimum Gasteiger partial charge on any atom is -0.356 e. The Kier molecular flexibility index (Phi) is 4.57. The summed E-state index contributed by atoms with van der Waals surface area (Å²) in [5.41, 5.74) is 2.51. The molecule has 0 spiro atoms. The zero-order valence-corrected chi connectivity index (χ0v) is 13.5. The van der Waals surface area contributed by atoms with Crippen molar-refractivity contribution in [1.82, 2.24) is 20.2 Å². The van der Waals surface area contributed by atoms with Gasteiger partial charge in [-0.25, -0.2) is 9.97 Å². The van der Waals surface area contributed by atoms with E-state index in [-0.39, 0.29) is 5.91 Å². The van der Waals surface area contributed by atoms with Crippen LogP contribution in [0.1, 0.15) is 31.0 Å². The largest absolute Gasteiger partial charge is 0.356 e. The van der Waals surface area contributed by atoms with Gasteiger partial charge in [0.25, 0.3) is 0 Å². The van der Waals surface area contributed by atoms with E-state index in [0.717, 1.165) is 57.8 Å². The molecule has 0 radical (unpaired) electrons. The van der Waals surface area contributed by atoms with Crippen LogP contribution in [0.2, 0.25) is 0 Å². The summed E-state index contributed by atoms with van der Waals surface area (Å²) in [6.45, 7) is 6.42. The molecule has 2 aliphatic heterocycles. The Morgan fingerprint density at radius 3 is 2.82 bits per heavy atom. The standard InChI is InChI=1S/C16H25N5O/c1-12(22)17-9-13-3-7-21(8-4-13)16-14-10-20(2)6-5-15(14)18-11-19-16/h11,13H,3-10H2,1-2H3,(H,17,22). The van der Waals surface area contributed by atoms with E-state index in [1.54, 1.807) is 13.3 Å². The van der Waals surface area contributed by atoms with Gasteiger partial charge in [-0.05, 0) is 25.8 Å². The average Bonchev–Trinajstić information content (AvgIpc) is 2.53. The first kappa shape index (κ1) is 15.2. The monoisotopic (exact) mass is 303 g/mol. The number of fused-ring (bicyclic) bond motifs is 1. The van der Waals surface area contributed by atoms with Crippen LogP contribution in [-0.4, -0.2) is 54.0 Å². The highest BCUT2D eigenvalue weighted by Gasteiger charge is 2.25. The van der Waals surface area contributed by atoms with Gasteiger partial charge in [0.1, 0.15) is 12.1 Å². The van der Waals surface area contributed by atoms with Gasteiger partial charge in [0.15, 0.2) is 0 Å². The summed E-state index contributed by atoms with van der Waals surface area (Å²) in [5, 5.41) is 2.94. The molecule has 1 amide bonds. The second-order valence-corrected chi connectivity index (χ2v) is 6.48. The highest BCUT2D eigenvalue weighted by Crippen LogP contribution is 2.28. The van der Waals surface area contributed by atoms with E-state index < -0.39 is 0 Å². The minimum atomic E-state index is 0.0651. The SMILES string of the molecule is CC(=O)NCC1CCN(c2ncnc3c2CN(C)CC3)CC1. The summed E-state index contributed by atoms with van der Waals surface area (Å²) in [5.74, 6) is 1.77. The predicted molar refractivity (Wildman–Crippen MR) is 85.7 cm³/mol. The molecular weight excluding hydrogens is 278 g/mol. The molecule has 3 heterocycles. The molecular formula is C16H25N5O. The Morgan fingerprint density at radius 2 is 2.09 bits per heavy atom. The highest BCUT2D eigenvalue weighted by atomic mass is 16.1. The molecule has 1 saturated heterocycles. The van der Waals surface area contributed by atoms with Gasteiger partial charge in [0, 0.05) is 51.6 Å². The number of hydrogen-bond acceptors (Lipinski definition) is 5. The maximum absolute atomic E-state index is 11.0. The Bertz CT molecular complexity index is 539. The molecule has 1 N–H and O–H groups in total. The Balaban J connectivity index is 1.65. The van der Waals surface area contributed by atoms with Crippen molar-refractivity contribution in [3.05, 3.63) is 17.6 Å². The molecule has 120 valence electrons. The predicted octanol–water partition coefficient (Wildman–Crippen LogP) is 0.817. The third kappa shape index (κ3) is 3.38. The fourth-order valence-electron chi connectivity index (χ4n) is 3.37. The van der Waals surface area contributed by atoms with E-state index in [2.05, 4.69) is 32.1 Å². The number of rotatable bonds is 3. The molecule has 1 aromatic rings. The number of carbonyl (C=O) groups excluding carboxylic acids is 1. The van der Waals surface area contributed by atoms with Crippen LogP contribution in [0.5, 0.6) is 0 Å². The number of amides is 1. The Hall–Kier alpha value is -1.69. The van der Waals surface area contributed by atoms with Crippen molar-refractivity contribution < 1.29 is 4.79 Å². The Morgan fingerprint density at radius 1 is 1.32 bits per heavy atom. The lowest BCUT2D eigenvalue weighted by atomic mass is 9.96. The molecule has 22 heavy (non-hydrogen) atoms. The van der Waals surface area contributed by atoms with Gasteiger partial charge >= 0.3 is 0 Å². The van der Waals surface area contributed by atoms with Crippen molar-refractivity contribution in [2.75, 3.05) is 38.1 Å². The lowest BCUT2D eigenvalue weighted by Gasteiger charge is -2.35. The maximum Gasteiger partial charge on any atom is 0.216 e. The molecule has 1 aromatic heterocycles. The van der Waals surface area contributed by atoms with Gasteiger partial charge in [-0.3, -0.25) is 4.79 Å². The number of aromatic nitrogens is 2. The lowest BCUT2D eigenvalue weighted by molar-refractivity contribution is -0.119. The van der Waals surface area contributed by atoms with Crippen LogP contribution in [0, 0.1) is 5.92 Å². The van der Waals surface area contributed by atoms with Crippen molar-refractivity contribution in [1.29, 1.82) is 0 Å². The molecule has 0 saturated carbocycles. The Labute approximate surface area is 131 Å². The van der Waals surface area contributed by atoms with Gasteiger partial charge in [0.05, 0.1) is 5.69 Å². The van der Waals surface area contributed by atoms with Gasteiger partial charge in [-0.15, -0.1) is 0 Å². The molecule has 6 heteroatoms. The molecule has 0 aromatic carbocycles. The van der Waals surface area contributed by atoms with Crippen molar-refractivity contribution in [2.45, 2.75) is 32.7 Å². The van der Waals surface area contributed by atoms with Gasteiger partial charge in [-0.1, -0.05) is 0 Å². The molecule has 0 bridgehead atoms. The summed E-state index contributed by atoms with van der Waals surface area (Å²) in [4.78, 5) is 24.8. The van der Waals surface area contributed by atoms with Crippen LogP contribution in [0.25, 0.3) is 0 Å². The third-order valence-corrected chi connectivity index (χ3v) is 4.72. The van der Waals surface area contributed by atoms with E-state index in [1.165, 1.54) is 11.3 Å². The first-order valence-electron chi connectivity index (χ1n) is 8.14. The van der Waals surface area contributed by atoms with Crippen molar-refractivity contribution in [3.63, 3.8) is 0 Å². The molecule has 3 rings (SSSR count). The fraction of sp³-hybridized carbons (Fsp3) is 0.688. The maximum atomic E-state index is 11.0. The van der Waals surface area contributed by atoms with E-state index >= 15 is 0 Å². The number of anilines is 1. The highest BCUT2D eigenvalue weighted by molar-refractivity contribution is 5.72. The zero-order valence-electron chi connectivity index (χ0n) is 13.5. The summed E-state index contributed by atoms with van der Waals surface area (Å²) in [6, 6.07) is 0. The lowest BCUT2D eigenvalue weighted by Crippen LogP contribution is -2.40. The van der Waals surface area contributed by atoms with Crippen LogP contribution < -0.4 is 10.2 Å². The van der Waals surface area contributed by atoms with E-state index in [1.807, 2.05) is 0 Å². The van der Waals surface area contributed by atoms with Crippen LogP contribution in [-0.2, 0) is 17.8 Å². The molecule has 6 nitrogen and oxygen atoms in total. The number of likely N-dealkylation sites (N-methyl/N-ethyl adjacent to an activating group) is 1. The first-order chi connectivity index (χ1) is 10.6. The van der Waals surface area contributed by atoms with Gasteiger partial charge in [0.2, 0.25) is 5.91 Å². The summed E-state index contributed by atoms with van der Waals surface area (Å²) in [6.07, 6.45) is 4.94. The first-order valence-corrected chi connectivity index (χ1v) is 8.14. The molecule has 1 fully saturated rings. The fourth-order valence-corrected chi connectivity index (χ4v) is 3.37. The molecule has 2 aliphatic rings. The quantitative estimate of drug-likeness (QED) is 0.896. The number of nitrogens with zero attached hydrogens (tertiary/aromatic N) is 4. The summed E-state index contributed by atoms with van der Waals surface area (Å²) < 4.78 is 0. The van der Waals surface area contributed by atoms with Crippen LogP contribution in [0.15, 0.2) is 6.33 Å². The number of carbonyl (C=O) groups is 1. The summed E-state index contributed by atoms with van der Waals surface area (Å²) >= 11 is 0. The second-order valence-electron chi connectivity index (χ2n) is 6.48. The van der Waals surface area contributed by atoms with Gasteiger partial charge < -0.3 is 15.1 Å². The van der Waals surface area contributed by atoms with E-state index in [9.17, 15) is 4.79 Å². The van der Waals surface area contributed by atoms with E-state index in [0.29, 0.717) is 5.92 Å². The van der Waals surface area contributed by atoms with Gasteiger partial charge in [-0.2, -0.15) is 0 Å². The third-order valence-electron chi connectivity index (χ3n) is 4.72. The van der Waals surface area contributed by atoms with Crippen LogP contribution in [0.3, 0.4) is 0 Å².